The minimum absolute atomic E-state index is 0. The summed E-state index contributed by atoms with van der Waals surface area (Å²) in [5.41, 5.74) is 2.08. The molecule has 1 heterocycles. The normalized spacial score (nSPS) is 15.3. The van der Waals surface area contributed by atoms with Gasteiger partial charge < -0.3 is 33.6 Å². The van der Waals surface area contributed by atoms with E-state index in [4.69, 9.17) is 23.4 Å². The van der Waals surface area contributed by atoms with Gasteiger partial charge in [-0.05, 0) is 59.1 Å². The molecule has 1 atom stereocenters. The van der Waals surface area contributed by atoms with Gasteiger partial charge in [0.15, 0.2) is 8.32 Å². The fourth-order valence-corrected chi connectivity index (χ4v) is 6.15. The van der Waals surface area contributed by atoms with Gasteiger partial charge in [0.2, 0.25) is 0 Å². The monoisotopic (exact) mass is 857 g/mol. The molecule has 9 heteroatoms. The van der Waals surface area contributed by atoms with Gasteiger partial charge in [-0.1, -0.05) is 75.4 Å². The van der Waals surface area contributed by atoms with E-state index < -0.39 is 13.9 Å². The van der Waals surface area contributed by atoms with Crippen LogP contribution < -0.4 is 14.8 Å². The second-order valence-corrected chi connectivity index (χ2v) is 17.7. The topological polar surface area (TPSA) is 61.4 Å². The molecule has 3 aromatic rings. The molecule has 0 saturated carbocycles. The van der Waals surface area contributed by atoms with Gasteiger partial charge in [0.05, 0.1) is 33.5 Å². The smallest absolute Gasteiger partial charge is 0.192 e. The average Bonchev–Trinajstić information content (AvgIpc) is 3.04. The first-order chi connectivity index (χ1) is 21.1. The third kappa shape index (κ3) is 9.91. The molecule has 1 N–H and O–H groups in total. The van der Waals surface area contributed by atoms with Crippen molar-refractivity contribution in [3.63, 3.8) is 0 Å². The Bertz CT molecular complexity index is 1220. The minimum Gasteiger partial charge on any atom is -0.545 e. The van der Waals surface area contributed by atoms with Gasteiger partial charge in [-0.2, -0.15) is 6.61 Å². The number of rotatable bonds is 15. The third-order valence-electron chi connectivity index (χ3n) is 8.93. The number of methoxy groups -OCH3 is 2. The standard InChI is InChI=1S/C36H51N2O5Si.U/c1-35(2,3)44(6,7)43-28-34(41-26-25-38-23-21-37-22-24-38)27-42-36(29-11-9-8-10-12-29,30-13-17-32(39-4)18-14-30)31-15-19-33(40-5)20-16-31;/h8-20,26,34,37H,21-25,27-28H2,1-7H3;/q-1;/t34-;/m0./s1. The quantitative estimate of drug-likeness (QED) is 0.107. The van der Waals surface area contributed by atoms with Gasteiger partial charge in [-0.3, -0.25) is 0 Å². The van der Waals surface area contributed by atoms with E-state index in [0.29, 0.717) is 13.2 Å². The summed E-state index contributed by atoms with van der Waals surface area (Å²) in [6.07, 6.45) is -0.299. The minimum atomic E-state index is -2.02. The van der Waals surface area contributed by atoms with Gasteiger partial charge in [0.1, 0.15) is 17.1 Å². The molecular formula is C36H51N2O5SiU-. The maximum absolute atomic E-state index is 7.18. The summed E-state index contributed by atoms with van der Waals surface area (Å²) in [4.78, 5) is 2.39. The fraction of sp³-hybridized carbons (Fsp3) is 0.472. The van der Waals surface area contributed by atoms with Crippen molar-refractivity contribution in [2.24, 2.45) is 0 Å². The van der Waals surface area contributed by atoms with E-state index >= 15 is 0 Å². The summed E-state index contributed by atoms with van der Waals surface area (Å²) in [5.74, 6) is 1.58. The Morgan fingerprint density at radius 3 is 1.78 bits per heavy atom. The fourth-order valence-electron chi connectivity index (χ4n) is 5.11. The summed E-state index contributed by atoms with van der Waals surface area (Å²) in [6, 6.07) is 26.6. The van der Waals surface area contributed by atoms with Crippen molar-refractivity contribution in [1.29, 1.82) is 0 Å². The van der Waals surface area contributed by atoms with Crippen molar-refractivity contribution in [2.75, 3.05) is 60.2 Å². The van der Waals surface area contributed by atoms with Crippen LogP contribution in [0.5, 0.6) is 11.5 Å². The number of piperazine rings is 1. The van der Waals surface area contributed by atoms with E-state index in [1.165, 1.54) is 0 Å². The first-order valence-electron chi connectivity index (χ1n) is 15.6. The zero-order valence-corrected chi connectivity index (χ0v) is 33.3. The number of nitrogens with one attached hydrogen (secondary N) is 1. The van der Waals surface area contributed by atoms with Crippen LogP contribution in [0.1, 0.15) is 37.5 Å². The maximum Gasteiger partial charge on any atom is 0.192 e. The second-order valence-electron chi connectivity index (χ2n) is 12.9. The molecule has 0 bridgehead atoms. The zero-order chi connectivity index (χ0) is 31.6. The molecule has 0 radical (unpaired) electrons. The number of hydrogen-bond donors (Lipinski definition) is 1. The molecule has 0 amide bonds. The van der Waals surface area contributed by atoms with Crippen LogP contribution in [0.15, 0.2) is 78.9 Å². The predicted molar refractivity (Wildman–Crippen MR) is 180 cm³/mol. The number of nitrogens with zero attached hydrogens (tertiary/aromatic N) is 1. The van der Waals surface area contributed by atoms with E-state index in [2.05, 4.69) is 92.6 Å². The van der Waals surface area contributed by atoms with Gasteiger partial charge in [0.25, 0.3) is 0 Å². The van der Waals surface area contributed by atoms with Crippen LogP contribution in [0.25, 0.3) is 0 Å². The summed E-state index contributed by atoms with van der Waals surface area (Å²) < 4.78 is 31.4. The first kappa shape index (κ1) is 37.8. The molecule has 0 spiro atoms. The SMILES string of the molecule is COc1ccc(C(OC[C@@H](CO[Si](C)(C)C(C)(C)C)O[CH-]CN2CCNCC2)(c2ccccc2)c2ccc(OC)cc2)cc1.[U]. The Labute approximate surface area is 295 Å². The number of hydrogen-bond acceptors (Lipinski definition) is 7. The molecule has 0 aromatic heterocycles. The Hall–Kier alpha value is -1.67. The summed E-state index contributed by atoms with van der Waals surface area (Å²) >= 11 is 0. The predicted octanol–water partition coefficient (Wildman–Crippen LogP) is 6.49. The van der Waals surface area contributed by atoms with Crippen molar-refractivity contribution in [3.8, 4) is 11.5 Å². The molecule has 1 fully saturated rings. The molecule has 0 unspecified atom stereocenters. The summed E-state index contributed by atoms with van der Waals surface area (Å²) in [6.45, 7) is 18.8. The number of ether oxygens (including phenoxy) is 4. The van der Waals surface area contributed by atoms with Crippen LogP contribution in [-0.4, -0.2) is 79.5 Å². The molecule has 0 aliphatic carbocycles. The van der Waals surface area contributed by atoms with Gasteiger partial charge in [-0.15, -0.1) is 6.54 Å². The Morgan fingerprint density at radius 1 is 0.778 bits per heavy atom. The van der Waals surface area contributed by atoms with E-state index in [1.807, 2.05) is 36.9 Å². The van der Waals surface area contributed by atoms with Crippen molar-refractivity contribution in [1.82, 2.24) is 10.2 Å². The van der Waals surface area contributed by atoms with E-state index in [9.17, 15) is 0 Å². The third-order valence-corrected chi connectivity index (χ3v) is 13.4. The Morgan fingerprint density at radius 2 is 1.29 bits per heavy atom. The van der Waals surface area contributed by atoms with E-state index in [-0.39, 0.29) is 42.3 Å². The van der Waals surface area contributed by atoms with Gasteiger partial charge in [0, 0.05) is 57.3 Å². The van der Waals surface area contributed by atoms with Crippen LogP contribution in [0, 0.1) is 37.7 Å². The second kappa shape index (κ2) is 17.5. The Balaban J connectivity index is 0.00000552. The largest absolute Gasteiger partial charge is 0.545 e. The van der Waals surface area contributed by atoms with Crippen LogP contribution in [0.2, 0.25) is 18.1 Å². The van der Waals surface area contributed by atoms with Gasteiger partial charge >= 0.3 is 0 Å². The molecule has 1 aliphatic rings. The molecule has 1 aliphatic heterocycles. The van der Waals surface area contributed by atoms with Crippen LogP contribution in [0.4, 0.5) is 0 Å². The van der Waals surface area contributed by atoms with E-state index in [1.54, 1.807) is 14.2 Å². The molecule has 4 rings (SSSR count). The average molecular weight is 858 g/mol. The molecular weight excluding hydrogens is 807 g/mol. The van der Waals surface area contributed by atoms with Crippen LogP contribution in [-0.2, 0) is 19.5 Å². The van der Waals surface area contributed by atoms with Crippen molar-refractivity contribution in [3.05, 3.63) is 102 Å². The summed E-state index contributed by atoms with van der Waals surface area (Å²) in [5, 5.41) is 3.50. The molecule has 244 valence electrons. The van der Waals surface area contributed by atoms with Crippen LogP contribution in [0.3, 0.4) is 0 Å². The molecule has 7 nitrogen and oxygen atoms in total. The van der Waals surface area contributed by atoms with Crippen molar-refractivity contribution >= 4 is 8.32 Å². The van der Waals surface area contributed by atoms with E-state index in [0.717, 1.165) is 60.9 Å². The molecule has 1 saturated heterocycles. The first-order valence-corrected chi connectivity index (χ1v) is 18.5. The summed E-state index contributed by atoms with van der Waals surface area (Å²) in [7, 11) is 1.34. The van der Waals surface area contributed by atoms with Crippen molar-refractivity contribution < 1.29 is 54.5 Å². The Kier molecular flexibility index (Phi) is 14.7. The maximum atomic E-state index is 7.18. The van der Waals surface area contributed by atoms with Gasteiger partial charge in [-0.25, -0.2) is 0 Å². The molecule has 3 aromatic carbocycles. The zero-order valence-electron chi connectivity index (χ0n) is 28.1. The number of benzene rings is 3. The molecule has 45 heavy (non-hydrogen) atoms. The van der Waals surface area contributed by atoms with Crippen LogP contribution >= 0.6 is 0 Å². The van der Waals surface area contributed by atoms with Crippen molar-refractivity contribution in [2.45, 2.75) is 50.6 Å².